The highest BCUT2D eigenvalue weighted by Gasteiger charge is 2.58. The Morgan fingerprint density at radius 3 is 2.55 bits per heavy atom. The highest BCUT2D eigenvalue weighted by molar-refractivity contribution is 7.18. The molecule has 1 saturated heterocycles. The Bertz CT molecular complexity index is 961. The molecule has 1 fully saturated rings. The third-order valence-electron chi connectivity index (χ3n) is 5.31. The van der Waals surface area contributed by atoms with Crippen LogP contribution in [-0.2, 0) is 10.4 Å². The van der Waals surface area contributed by atoms with Crippen LogP contribution in [0.5, 0.6) is 0 Å². The molecule has 5 nitrogen and oxygen atoms in total. The molecule has 3 heterocycles. The number of alkyl halides is 3. The number of furan rings is 1. The van der Waals surface area contributed by atoms with Crippen LogP contribution in [0.15, 0.2) is 47.1 Å². The Labute approximate surface area is 168 Å². The zero-order chi connectivity index (χ0) is 20.6. The summed E-state index contributed by atoms with van der Waals surface area (Å²) in [5.41, 5.74) is -2.41. The number of hydrogen-bond donors (Lipinski definition) is 1. The van der Waals surface area contributed by atoms with E-state index in [0.717, 1.165) is 27.6 Å². The molecule has 4 rings (SSSR count). The fourth-order valence-corrected chi connectivity index (χ4v) is 4.75. The minimum Gasteiger partial charge on any atom is -0.466 e. The van der Waals surface area contributed by atoms with Gasteiger partial charge < -0.3 is 14.4 Å². The highest BCUT2D eigenvalue weighted by Crippen LogP contribution is 2.42. The summed E-state index contributed by atoms with van der Waals surface area (Å²) >= 11 is 1.61. The molecule has 0 spiro atoms. The van der Waals surface area contributed by atoms with Gasteiger partial charge in [-0.3, -0.25) is 4.79 Å². The Morgan fingerprint density at radius 2 is 1.93 bits per heavy atom. The van der Waals surface area contributed by atoms with Crippen molar-refractivity contribution in [3.63, 3.8) is 0 Å². The third-order valence-corrected chi connectivity index (χ3v) is 6.51. The SMILES string of the molecule is O=C(CC(O)(c1ccco1)C(F)(F)F)N1CCC(c2nc3ccccc3s2)CC1. The predicted molar refractivity (Wildman–Crippen MR) is 101 cm³/mol. The minimum absolute atomic E-state index is 0.169. The van der Waals surface area contributed by atoms with Gasteiger partial charge in [-0.1, -0.05) is 12.1 Å². The number of aromatic nitrogens is 1. The van der Waals surface area contributed by atoms with E-state index in [4.69, 9.17) is 4.42 Å². The molecule has 3 aromatic rings. The van der Waals surface area contributed by atoms with Crippen LogP contribution in [0.4, 0.5) is 13.2 Å². The quantitative estimate of drug-likeness (QED) is 0.673. The van der Waals surface area contributed by atoms with Crippen LogP contribution in [-0.4, -0.2) is 40.2 Å². The van der Waals surface area contributed by atoms with Gasteiger partial charge in [0.15, 0.2) is 0 Å². The van der Waals surface area contributed by atoms with E-state index in [1.165, 1.54) is 11.0 Å². The fourth-order valence-electron chi connectivity index (χ4n) is 3.61. The van der Waals surface area contributed by atoms with Crippen molar-refractivity contribution >= 4 is 27.5 Å². The molecule has 1 aliphatic rings. The smallest absolute Gasteiger partial charge is 0.425 e. The van der Waals surface area contributed by atoms with E-state index in [1.54, 1.807) is 11.3 Å². The van der Waals surface area contributed by atoms with Gasteiger partial charge in [0, 0.05) is 19.0 Å². The maximum Gasteiger partial charge on any atom is 0.425 e. The number of para-hydroxylation sites is 1. The van der Waals surface area contributed by atoms with Gasteiger partial charge in [-0.2, -0.15) is 13.2 Å². The monoisotopic (exact) mass is 424 g/mol. The lowest BCUT2D eigenvalue weighted by atomic mass is 9.93. The number of nitrogens with zero attached hydrogens (tertiary/aromatic N) is 2. The Balaban J connectivity index is 1.43. The van der Waals surface area contributed by atoms with E-state index in [9.17, 15) is 23.1 Å². The summed E-state index contributed by atoms with van der Waals surface area (Å²) in [7, 11) is 0. The number of benzene rings is 1. The van der Waals surface area contributed by atoms with Crippen molar-refractivity contribution in [1.82, 2.24) is 9.88 Å². The first-order valence-electron chi connectivity index (χ1n) is 9.24. The van der Waals surface area contributed by atoms with Gasteiger partial charge in [-0.15, -0.1) is 11.3 Å². The summed E-state index contributed by atoms with van der Waals surface area (Å²) in [6, 6.07) is 10.1. The summed E-state index contributed by atoms with van der Waals surface area (Å²) in [6.45, 7) is 0.650. The number of carbonyl (C=O) groups excluding carboxylic acids is 1. The Morgan fingerprint density at radius 1 is 1.21 bits per heavy atom. The number of thiazole rings is 1. The van der Waals surface area contributed by atoms with Crippen LogP contribution >= 0.6 is 11.3 Å². The van der Waals surface area contributed by atoms with Crippen molar-refractivity contribution in [1.29, 1.82) is 0 Å². The number of hydrogen-bond acceptors (Lipinski definition) is 5. The molecule has 0 bridgehead atoms. The van der Waals surface area contributed by atoms with Gasteiger partial charge >= 0.3 is 6.18 Å². The van der Waals surface area contributed by atoms with Crippen molar-refractivity contribution in [3.8, 4) is 0 Å². The molecular formula is C20H19F3N2O3S. The molecule has 1 aromatic carbocycles. The van der Waals surface area contributed by atoms with Crippen LogP contribution in [0.25, 0.3) is 10.2 Å². The number of aliphatic hydroxyl groups is 1. The molecule has 9 heteroatoms. The second-order valence-electron chi connectivity index (χ2n) is 7.19. The number of fused-ring (bicyclic) bond motifs is 1. The normalized spacial score (nSPS) is 18.1. The van der Waals surface area contributed by atoms with Crippen molar-refractivity contribution in [2.24, 2.45) is 0 Å². The van der Waals surface area contributed by atoms with Crippen LogP contribution < -0.4 is 0 Å². The van der Waals surface area contributed by atoms with Crippen LogP contribution in [0, 0.1) is 0 Å². The van der Waals surface area contributed by atoms with E-state index < -0.39 is 29.9 Å². The molecular weight excluding hydrogens is 405 g/mol. The first-order valence-corrected chi connectivity index (χ1v) is 10.1. The zero-order valence-electron chi connectivity index (χ0n) is 15.4. The number of halogens is 3. The molecule has 1 amide bonds. The topological polar surface area (TPSA) is 66.6 Å². The van der Waals surface area contributed by atoms with Gasteiger partial charge in [0.1, 0.15) is 5.76 Å². The van der Waals surface area contributed by atoms with E-state index in [1.807, 2.05) is 24.3 Å². The van der Waals surface area contributed by atoms with E-state index in [2.05, 4.69) is 4.98 Å². The van der Waals surface area contributed by atoms with Crippen molar-refractivity contribution in [3.05, 3.63) is 53.4 Å². The van der Waals surface area contributed by atoms with Crippen LogP contribution in [0.2, 0.25) is 0 Å². The molecule has 0 radical (unpaired) electrons. The molecule has 2 aromatic heterocycles. The maximum atomic E-state index is 13.5. The second-order valence-corrected chi connectivity index (χ2v) is 8.25. The van der Waals surface area contributed by atoms with Crippen molar-refractivity contribution in [2.45, 2.75) is 37.0 Å². The fraction of sp³-hybridized carbons (Fsp3) is 0.400. The first-order chi connectivity index (χ1) is 13.8. The summed E-state index contributed by atoms with van der Waals surface area (Å²) in [5, 5.41) is 11.2. The maximum absolute atomic E-state index is 13.5. The van der Waals surface area contributed by atoms with E-state index >= 15 is 0 Å². The van der Waals surface area contributed by atoms with Crippen LogP contribution in [0.3, 0.4) is 0 Å². The largest absolute Gasteiger partial charge is 0.466 e. The molecule has 0 aliphatic carbocycles. The van der Waals surface area contributed by atoms with E-state index in [-0.39, 0.29) is 5.92 Å². The predicted octanol–water partition coefficient (Wildman–Crippen LogP) is 4.44. The van der Waals surface area contributed by atoms with Crippen molar-refractivity contribution in [2.75, 3.05) is 13.1 Å². The lowest BCUT2D eigenvalue weighted by Crippen LogP contribution is -2.48. The molecule has 29 heavy (non-hydrogen) atoms. The standard InChI is InChI=1S/C20H19F3N2O3S/c21-20(22,23)19(27,16-6-3-11-28-16)12-17(26)25-9-7-13(8-10-25)18-24-14-4-1-2-5-15(14)29-18/h1-6,11,13,27H,7-10,12H2. The van der Waals surface area contributed by atoms with Gasteiger partial charge in [0.2, 0.25) is 11.5 Å². The average Bonchev–Trinajstić information content (AvgIpc) is 3.37. The van der Waals surface area contributed by atoms with Gasteiger partial charge in [0.05, 0.1) is 27.9 Å². The zero-order valence-corrected chi connectivity index (χ0v) is 16.2. The Kier molecular flexibility index (Phi) is 5.12. The lowest BCUT2D eigenvalue weighted by Gasteiger charge is -2.34. The third kappa shape index (κ3) is 3.76. The van der Waals surface area contributed by atoms with Crippen LogP contribution in [0.1, 0.15) is 35.9 Å². The second kappa shape index (κ2) is 7.46. The molecule has 1 aliphatic heterocycles. The number of rotatable bonds is 4. The lowest BCUT2D eigenvalue weighted by molar-refractivity contribution is -0.274. The molecule has 1 N–H and O–H groups in total. The number of carbonyl (C=O) groups is 1. The molecule has 1 atom stereocenters. The summed E-state index contributed by atoms with van der Waals surface area (Å²) in [6.07, 6.45) is -3.84. The summed E-state index contributed by atoms with van der Waals surface area (Å²) in [4.78, 5) is 18.6. The average molecular weight is 424 g/mol. The Hall–Kier alpha value is -2.39. The highest BCUT2D eigenvalue weighted by atomic mass is 32.1. The van der Waals surface area contributed by atoms with Gasteiger partial charge in [-0.05, 0) is 37.1 Å². The first kappa shape index (κ1) is 19.9. The molecule has 154 valence electrons. The number of amides is 1. The molecule has 1 unspecified atom stereocenters. The van der Waals surface area contributed by atoms with Gasteiger partial charge in [-0.25, -0.2) is 4.98 Å². The molecule has 0 saturated carbocycles. The van der Waals surface area contributed by atoms with Crippen molar-refractivity contribution < 1.29 is 27.5 Å². The summed E-state index contributed by atoms with van der Waals surface area (Å²) < 4.78 is 46.3. The number of likely N-dealkylation sites (tertiary alicyclic amines) is 1. The van der Waals surface area contributed by atoms with E-state index in [0.29, 0.717) is 25.9 Å². The summed E-state index contributed by atoms with van der Waals surface area (Å²) in [5.74, 6) is -1.25. The number of piperidine rings is 1. The van der Waals surface area contributed by atoms with Gasteiger partial charge in [0.25, 0.3) is 0 Å². The minimum atomic E-state index is -5.03.